The molecule has 2 rings (SSSR count). The van der Waals surface area contributed by atoms with Crippen LogP contribution in [0.5, 0.6) is 5.75 Å². The number of benzene rings is 1. The van der Waals surface area contributed by atoms with E-state index in [1.165, 1.54) is 19.3 Å². The maximum absolute atomic E-state index is 12.7. The van der Waals surface area contributed by atoms with Gasteiger partial charge >= 0.3 is 0 Å². The molecule has 110 valence electrons. The van der Waals surface area contributed by atoms with Crippen molar-refractivity contribution in [1.82, 2.24) is 4.90 Å². The smallest absolute Gasteiger partial charge is 0.254 e. The van der Waals surface area contributed by atoms with Gasteiger partial charge in [-0.15, -0.1) is 0 Å². The number of hydrogen-bond acceptors (Lipinski definition) is 3. The molecule has 1 aliphatic rings. The van der Waals surface area contributed by atoms with Gasteiger partial charge in [-0.1, -0.05) is 19.3 Å². The molecule has 0 heterocycles. The van der Waals surface area contributed by atoms with E-state index < -0.39 is 0 Å². The Morgan fingerprint density at radius 1 is 1.20 bits per heavy atom. The number of carbonyl (C=O) groups excluding carboxylic acids is 1. The van der Waals surface area contributed by atoms with Gasteiger partial charge in [0, 0.05) is 18.2 Å². The SMILES string of the molecule is NCCCN(C(=O)c1ccc(O)cc1)C1CCCCC1. The zero-order chi connectivity index (χ0) is 14.4. The first-order valence-electron chi connectivity index (χ1n) is 7.52. The summed E-state index contributed by atoms with van der Waals surface area (Å²) in [5.41, 5.74) is 6.24. The molecule has 0 radical (unpaired) electrons. The number of nitrogens with zero attached hydrogens (tertiary/aromatic N) is 1. The van der Waals surface area contributed by atoms with Crippen LogP contribution in [0.4, 0.5) is 0 Å². The lowest BCUT2D eigenvalue weighted by molar-refractivity contribution is 0.0633. The summed E-state index contributed by atoms with van der Waals surface area (Å²) in [6, 6.07) is 6.85. The number of phenolic OH excluding ortho intramolecular Hbond substituents is 1. The number of rotatable bonds is 5. The first kappa shape index (κ1) is 14.9. The summed E-state index contributed by atoms with van der Waals surface area (Å²) in [7, 11) is 0. The van der Waals surface area contributed by atoms with E-state index in [9.17, 15) is 9.90 Å². The molecule has 0 unspecified atom stereocenters. The van der Waals surface area contributed by atoms with Crippen LogP contribution in [-0.2, 0) is 0 Å². The Labute approximate surface area is 120 Å². The Bertz CT molecular complexity index is 425. The fourth-order valence-corrected chi connectivity index (χ4v) is 2.87. The van der Waals surface area contributed by atoms with E-state index >= 15 is 0 Å². The average Bonchev–Trinajstić information content (AvgIpc) is 2.49. The van der Waals surface area contributed by atoms with Crippen LogP contribution in [0.3, 0.4) is 0 Å². The summed E-state index contributed by atoms with van der Waals surface area (Å²) in [5.74, 6) is 0.248. The summed E-state index contributed by atoms with van der Waals surface area (Å²) in [6.07, 6.45) is 6.69. The Hall–Kier alpha value is -1.55. The van der Waals surface area contributed by atoms with Crippen LogP contribution < -0.4 is 5.73 Å². The molecule has 0 spiro atoms. The normalized spacial score (nSPS) is 16.1. The van der Waals surface area contributed by atoms with Gasteiger partial charge in [0.25, 0.3) is 5.91 Å². The van der Waals surface area contributed by atoms with E-state index in [1.54, 1.807) is 24.3 Å². The van der Waals surface area contributed by atoms with Crippen molar-refractivity contribution in [2.75, 3.05) is 13.1 Å². The largest absolute Gasteiger partial charge is 0.508 e. The summed E-state index contributed by atoms with van der Waals surface area (Å²) in [4.78, 5) is 14.6. The van der Waals surface area contributed by atoms with Gasteiger partial charge in [-0.2, -0.15) is 0 Å². The molecule has 0 aliphatic heterocycles. The summed E-state index contributed by atoms with van der Waals surface area (Å²) in [6.45, 7) is 1.33. The van der Waals surface area contributed by atoms with Gasteiger partial charge in [-0.05, 0) is 50.1 Å². The molecule has 1 saturated carbocycles. The molecule has 1 fully saturated rings. The second kappa shape index (κ2) is 7.29. The molecule has 1 amide bonds. The van der Waals surface area contributed by atoms with Crippen molar-refractivity contribution in [2.45, 2.75) is 44.6 Å². The number of aromatic hydroxyl groups is 1. The van der Waals surface area contributed by atoms with Crippen LogP contribution in [0.1, 0.15) is 48.9 Å². The fourth-order valence-electron chi connectivity index (χ4n) is 2.87. The van der Waals surface area contributed by atoms with Gasteiger partial charge in [-0.3, -0.25) is 4.79 Å². The Kier molecular flexibility index (Phi) is 5.41. The Balaban J connectivity index is 2.11. The minimum Gasteiger partial charge on any atom is -0.508 e. The molecule has 20 heavy (non-hydrogen) atoms. The van der Waals surface area contributed by atoms with Crippen LogP contribution in [0, 0.1) is 0 Å². The molecule has 1 aliphatic carbocycles. The highest BCUT2D eigenvalue weighted by molar-refractivity contribution is 5.94. The fraction of sp³-hybridized carbons (Fsp3) is 0.562. The van der Waals surface area contributed by atoms with Gasteiger partial charge in [0.15, 0.2) is 0 Å². The monoisotopic (exact) mass is 276 g/mol. The quantitative estimate of drug-likeness (QED) is 0.868. The third-order valence-corrected chi connectivity index (χ3v) is 3.99. The van der Waals surface area contributed by atoms with E-state index in [4.69, 9.17) is 5.73 Å². The summed E-state index contributed by atoms with van der Waals surface area (Å²) in [5, 5.41) is 9.33. The highest BCUT2D eigenvalue weighted by atomic mass is 16.3. The third-order valence-electron chi connectivity index (χ3n) is 3.99. The maximum atomic E-state index is 12.7. The molecule has 1 aromatic carbocycles. The van der Waals surface area contributed by atoms with E-state index in [0.717, 1.165) is 25.8 Å². The van der Waals surface area contributed by atoms with Gasteiger partial charge in [0.2, 0.25) is 0 Å². The van der Waals surface area contributed by atoms with Crippen molar-refractivity contribution in [2.24, 2.45) is 5.73 Å². The predicted octanol–water partition coefficient (Wildman–Crippen LogP) is 2.52. The zero-order valence-electron chi connectivity index (χ0n) is 11.9. The van der Waals surface area contributed by atoms with Crippen LogP contribution >= 0.6 is 0 Å². The molecular formula is C16H24N2O2. The van der Waals surface area contributed by atoms with Gasteiger partial charge in [0.1, 0.15) is 5.75 Å². The Morgan fingerprint density at radius 2 is 1.85 bits per heavy atom. The molecule has 0 atom stereocenters. The van der Waals surface area contributed by atoms with E-state index in [1.807, 2.05) is 4.90 Å². The minimum atomic E-state index is 0.0605. The molecular weight excluding hydrogens is 252 g/mol. The molecule has 0 bridgehead atoms. The second-order valence-electron chi connectivity index (χ2n) is 5.48. The molecule has 0 aromatic heterocycles. The van der Waals surface area contributed by atoms with Crippen molar-refractivity contribution in [1.29, 1.82) is 0 Å². The van der Waals surface area contributed by atoms with Gasteiger partial charge in [-0.25, -0.2) is 0 Å². The van der Waals surface area contributed by atoms with Crippen LogP contribution in [-0.4, -0.2) is 35.0 Å². The van der Waals surface area contributed by atoms with Crippen LogP contribution in [0.25, 0.3) is 0 Å². The highest BCUT2D eigenvalue weighted by Crippen LogP contribution is 2.24. The van der Waals surface area contributed by atoms with Crippen molar-refractivity contribution in [3.63, 3.8) is 0 Å². The van der Waals surface area contributed by atoms with Crippen LogP contribution in [0.2, 0.25) is 0 Å². The van der Waals surface area contributed by atoms with Crippen molar-refractivity contribution < 1.29 is 9.90 Å². The first-order valence-corrected chi connectivity index (χ1v) is 7.52. The lowest BCUT2D eigenvalue weighted by atomic mass is 9.93. The molecule has 0 saturated heterocycles. The molecule has 4 nitrogen and oxygen atoms in total. The standard InChI is InChI=1S/C16H24N2O2/c17-11-4-12-18(14-5-2-1-3-6-14)16(20)13-7-9-15(19)10-8-13/h7-10,14,19H,1-6,11-12,17H2. The lowest BCUT2D eigenvalue weighted by Crippen LogP contribution is -2.42. The maximum Gasteiger partial charge on any atom is 0.254 e. The number of amides is 1. The van der Waals surface area contributed by atoms with Crippen LogP contribution in [0.15, 0.2) is 24.3 Å². The average molecular weight is 276 g/mol. The molecule has 4 heteroatoms. The van der Waals surface area contributed by atoms with Gasteiger partial charge < -0.3 is 15.7 Å². The van der Waals surface area contributed by atoms with E-state index in [-0.39, 0.29) is 11.7 Å². The van der Waals surface area contributed by atoms with E-state index in [0.29, 0.717) is 18.2 Å². The summed E-state index contributed by atoms with van der Waals surface area (Å²) < 4.78 is 0. The topological polar surface area (TPSA) is 66.6 Å². The summed E-state index contributed by atoms with van der Waals surface area (Å²) >= 11 is 0. The molecule has 1 aromatic rings. The predicted molar refractivity (Wildman–Crippen MR) is 79.7 cm³/mol. The Morgan fingerprint density at radius 3 is 2.45 bits per heavy atom. The number of phenols is 1. The lowest BCUT2D eigenvalue weighted by Gasteiger charge is -2.34. The number of hydrogen-bond donors (Lipinski definition) is 2. The van der Waals surface area contributed by atoms with Crippen molar-refractivity contribution in [3.8, 4) is 5.75 Å². The minimum absolute atomic E-state index is 0.0605. The zero-order valence-corrected chi connectivity index (χ0v) is 11.9. The van der Waals surface area contributed by atoms with E-state index in [2.05, 4.69) is 0 Å². The second-order valence-corrected chi connectivity index (χ2v) is 5.48. The van der Waals surface area contributed by atoms with Crippen molar-refractivity contribution >= 4 is 5.91 Å². The molecule has 3 N–H and O–H groups in total. The number of carbonyl (C=O) groups is 1. The first-order chi connectivity index (χ1) is 9.72. The third kappa shape index (κ3) is 3.73. The highest BCUT2D eigenvalue weighted by Gasteiger charge is 2.25. The number of nitrogens with two attached hydrogens (primary N) is 1. The van der Waals surface area contributed by atoms with Crippen molar-refractivity contribution in [3.05, 3.63) is 29.8 Å². The van der Waals surface area contributed by atoms with Gasteiger partial charge in [0.05, 0.1) is 0 Å².